The molecule has 294 valence electrons. The molecule has 0 aliphatic heterocycles. The van der Waals surface area contributed by atoms with E-state index in [0.717, 1.165) is 70.6 Å². The zero-order chi connectivity index (χ0) is 36.6. The van der Waals surface area contributed by atoms with Gasteiger partial charge in [0.1, 0.15) is 0 Å². The van der Waals surface area contributed by atoms with Gasteiger partial charge in [-0.3, -0.25) is 9.59 Å². The number of rotatable bonds is 39. The van der Waals surface area contributed by atoms with E-state index in [1.165, 1.54) is 122 Å². The van der Waals surface area contributed by atoms with Gasteiger partial charge in [-0.05, 0) is 51.4 Å². The van der Waals surface area contributed by atoms with E-state index in [2.05, 4.69) is 31.3 Å². The third-order valence-electron chi connectivity index (χ3n) is 9.72. The van der Waals surface area contributed by atoms with E-state index in [1.807, 2.05) is 6.08 Å². The van der Waals surface area contributed by atoms with Crippen LogP contribution in [0.2, 0.25) is 0 Å². The molecule has 0 heterocycles. The van der Waals surface area contributed by atoms with Crippen LogP contribution in [0.5, 0.6) is 0 Å². The Hall–Kier alpha value is -1.66. The van der Waals surface area contributed by atoms with Crippen molar-refractivity contribution < 1.29 is 24.5 Å². The molecule has 0 aliphatic rings. The van der Waals surface area contributed by atoms with Crippen LogP contribution in [-0.2, 0) is 14.3 Å². The first-order chi connectivity index (χ1) is 24.5. The maximum Gasteiger partial charge on any atom is 0.305 e. The average Bonchev–Trinajstić information content (AvgIpc) is 3.11. The standard InChI is InChI=1S/C44H83NO5/c1-3-5-7-9-11-13-14-15-16-17-18-22-26-30-34-38-44(49)50-39-35-31-27-23-19-21-25-29-33-37-43(48)45-41(40-46)42(47)36-32-28-24-20-12-10-8-6-4-2/h21,25,32,36,41-42,46-47H,3-20,22-24,26-31,33-35,37-40H2,1-2H3,(H,45,48)/b25-21-,36-32+. The Labute approximate surface area is 310 Å². The minimum atomic E-state index is -0.871. The van der Waals surface area contributed by atoms with Crippen molar-refractivity contribution in [2.24, 2.45) is 0 Å². The molecule has 3 N–H and O–H groups in total. The molecule has 0 spiro atoms. The van der Waals surface area contributed by atoms with Crippen molar-refractivity contribution in [3.8, 4) is 0 Å². The largest absolute Gasteiger partial charge is 0.466 e. The second-order valence-corrected chi connectivity index (χ2v) is 14.7. The van der Waals surface area contributed by atoms with Crippen molar-refractivity contribution >= 4 is 11.9 Å². The number of esters is 1. The Morgan fingerprint density at radius 3 is 1.46 bits per heavy atom. The number of hydrogen-bond acceptors (Lipinski definition) is 5. The first-order valence-corrected chi connectivity index (χ1v) is 21.6. The summed E-state index contributed by atoms with van der Waals surface area (Å²) in [7, 11) is 0. The summed E-state index contributed by atoms with van der Waals surface area (Å²) in [5, 5.41) is 22.8. The van der Waals surface area contributed by atoms with Crippen LogP contribution in [-0.4, -0.2) is 47.4 Å². The molecule has 0 bridgehead atoms. The summed E-state index contributed by atoms with van der Waals surface area (Å²) in [6, 6.07) is -0.661. The quantitative estimate of drug-likeness (QED) is 0.0336. The van der Waals surface area contributed by atoms with E-state index in [1.54, 1.807) is 6.08 Å². The Morgan fingerprint density at radius 1 is 0.540 bits per heavy atom. The van der Waals surface area contributed by atoms with E-state index in [-0.39, 0.29) is 18.5 Å². The lowest BCUT2D eigenvalue weighted by molar-refractivity contribution is -0.143. The second-order valence-electron chi connectivity index (χ2n) is 14.7. The molecular weight excluding hydrogens is 622 g/mol. The molecule has 0 fully saturated rings. The summed E-state index contributed by atoms with van der Waals surface area (Å²) < 4.78 is 5.42. The molecule has 0 aliphatic carbocycles. The lowest BCUT2D eigenvalue weighted by Gasteiger charge is -2.19. The number of carbonyl (C=O) groups excluding carboxylic acids is 2. The summed E-state index contributed by atoms with van der Waals surface area (Å²) in [5.74, 6) is -0.169. The molecule has 2 unspecified atom stereocenters. The van der Waals surface area contributed by atoms with Crippen LogP contribution >= 0.6 is 0 Å². The molecule has 6 nitrogen and oxygen atoms in total. The first-order valence-electron chi connectivity index (χ1n) is 21.6. The number of hydrogen-bond donors (Lipinski definition) is 3. The van der Waals surface area contributed by atoms with Crippen LogP contribution in [0.1, 0.15) is 219 Å². The van der Waals surface area contributed by atoms with Gasteiger partial charge in [0.25, 0.3) is 0 Å². The molecule has 0 saturated carbocycles. The monoisotopic (exact) mass is 706 g/mol. The fraction of sp³-hybridized carbons (Fsp3) is 0.864. The molecule has 0 aromatic rings. The molecule has 0 aromatic carbocycles. The second kappa shape index (κ2) is 40.1. The first kappa shape index (κ1) is 48.3. The minimum Gasteiger partial charge on any atom is -0.466 e. The molecule has 6 heteroatoms. The molecular formula is C44H83NO5. The van der Waals surface area contributed by atoms with Crippen molar-refractivity contribution in [2.75, 3.05) is 13.2 Å². The number of allylic oxidation sites excluding steroid dienone is 3. The summed E-state index contributed by atoms with van der Waals surface area (Å²) in [6.45, 7) is 4.77. The van der Waals surface area contributed by atoms with Crippen molar-refractivity contribution in [3.63, 3.8) is 0 Å². The van der Waals surface area contributed by atoms with Gasteiger partial charge in [0, 0.05) is 12.8 Å². The SMILES string of the molecule is CCCCCCCCC/C=C/C(O)C(CO)NC(=O)CCC/C=C\CCCCCCOC(=O)CCCCCCCCCCCCCCCCC. The van der Waals surface area contributed by atoms with Gasteiger partial charge in [0.15, 0.2) is 0 Å². The molecule has 0 saturated heterocycles. The zero-order valence-corrected chi connectivity index (χ0v) is 33.1. The number of aliphatic hydroxyl groups excluding tert-OH is 2. The highest BCUT2D eigenvalue weighted by Gasteiger charge is 2.17. The van der Waals surface area contributed by atoms with Crippen LogP contribution in [0.25, 0.3) is 0 Å². The molecule has 50 heavy (non-hydrogen) atoms. The number of nitrogens with one attached hydrogen (secondary N) is 1. The van der Waals surface area contributed by atoms with E-state index in [0.29, 0.717) is 19.4 Å². The van der Waals surface area contributed by atoms with Gasteiger partial charge in [-0.15, -0.1) is 0 Å². The Balaban J connectivity index is 3.55. The van der Waals surface area contributed by atoms with Crippen LogP contribution in [0.15, 0.2) is 24.3 Å². The van der Waals surface area contributed by atoms with Crippen molar-refractivity contribution in [1.82, 2.24) is 5.32 Å². The molecule has 1 amide bonds. The average molecular weight is 706 g/mol. The van der Waals surface area contributed by atoms with Crippen molar-refractivity contribution in [1.29, 1.82) is 0 Å². The third kappa shape index (κ3) is 36.1. The number of ether oxygens (including phenoxy) is 1. The highest BCUT2D eigenvalue weighted by molar-refractivity contribution is 5.76. The van der Waals surface area contributed by atoms with Gasteiger partial charge in [-0.2, -0.15) is 0 Å². The highest BCUT2D eigenvalue weighted by atomic mass is 16.5. The fourth-order valence-corrected chi connectivity index (χ4v) is 6.34. The van der Waals surface area contributed by atoms with E-state index in [9.17, 15) is 19.8 Å². The van der Waals surface area contributed by atoms with Gasteiger partial charge in [0.05, 0.1) is 25.4 Å². The Bertz CT molecular complexity index is 782. The number of carbonyl (C=O) groups is 2. The predicted molar refractivity (Wildman–Crippen MR) is 213 cm³/mol. The summed E-state index contributed by atoms with van der Waals surface area (Å²) in [6.07, 6.45) is 44.6. The van der Waals surface area contributed by atoms with Gasteiger partial charge in [-0.25, -0.2) is 0 Å². The Kier molecular flexibility index (Phi) is 38.8. The minimum absolute atomic E-state index is 0.0368. The van der Waals surface area contributed by atoms with Gasteiger partial charge in [-0.1, -0.05) is 179 Å². The Morgan fingerprint density at radius 2 is 0.960 bits per heavy atom. The van der Waals surface area contributed by atoms with E-state index < -0.39 is 12.1 Å². The molecule has 0 radical (unpaired) electrons. The highest BCUT2D eigenvalue weighted by Crippen LogP contribution is 2.14. The van der Waals surface area contributed by atoms with Crippen molar-refractivity contribution in [2.45, 2.75) is 231 Å². The summed E-state index contributed by atoms with van der Waals surface area (Å²) in [5.41, 5.74) is 0. The van der Waals surface area contributed by atoms with Crippen LogP contribution in [0.3, 0.4) is 0 Å². The van der Waals surface area contributed by atoms with E-state index in [4.69, 9.17) is 4.74 Å². The number of amides is 1. The zero-order valence-electron chi connectivity index (χ0n) is 33.1. The third-order valence-corrected chi connectivity index (χ3v) is 9.72. The van der Waals surface area contributed by atoms with Crippen LogP contribution < -0.4 is 5.32 Å². The van der Waals surface area contributed by atoms with Crippen molar-refractivity contribution in [3.05, 3.63) is 24.3 Å². The van der Waals surface area contributed by atoms with Crippen LogP contribution in [0, 0.1) is 0 Å². The van der Waals surface area contributed by atoms with Gasteiger partial charge in [0.2, 0.25) is 5.91 Å². The maximum atomic E-state index is 12.3. The maximum absolute atomic E-state index is 12.3. The lowest BCUT2D eigenvalue weighted by Crippen LogP contribution is -2.45. The fourth-order valence-electron chi connectivity index (χ4n) is 6.34. The number of unbranched alkanes of at least 4 members (excludes halogenated alkanes) is 26. The predicted octanol–water partition coefficient (Wildman–Crippen LogP) is 12.0. The molecule has 0 rings (SSSR count). The van der Waals surface area contributed by atoms with Gasteiger partial charge < -0.3 is 20.3 Å². The summed E-state index contributed by atoms with van der Waals surface area (Å²) in [4.78, 5) is 24.3. The summed E-state index contributed by atoms with van der Waals surface area (Å²) >= 11 is 0. The number of aliphatic hydroxyl groups is 2. The smallest absolute Gasteiger partial charge is 0.305 e. The molecule has 0 aromatic heterocycles. The van der Waals surface area contributed by atoms with E-state index >= 15 is 0 Å². The van der Waals surface area contributed by atoms with Gasteiger partial charge >= 0.3 is 5.97 Å². The van der Waals surface area contributed by atoms with Crippen LogP contribution in [0.4, 0.5) is 0 Å². The topological polar surface area (TPSA) is 95.9 Å². The normalized spacial score (nSPS) is 13.0. The molecule has 2 atom stereocenters. The lowest BCUT2D eigenvalue weighted by atomic mass is 10.0.